The van der Waals surface area contributed by atoms with E-state index in [2.05, 4.69) is 5.32 Å². The highest BCUT2D eigenvalue weighted by atomic mass is 16.5. The zero-order valence-corrected chi connectivity index (χ0v) is 13.9. The fraction of sp³-hybridized carbons (Fsp3) is 0.579. The lowest BCUT2D eigenvalue weighted by Gasteiger charge is -2.20. The van der Waals surface area contributed by atoms with Gasteiger partial charge in [0.25, 0.3) is 5.91 Å². The van der Waals surface area contributed by atoms with Crippen LogP contribution in [0.25, 0.3) is 0 Å². The molecule has 2 aliphatic rings. The van der Waals surface area contributed by atoms with E-state index in [1.165, 1.54) is 19.3 Å². The van der Waals surface area contributed by atoms with Crippen molar-refractivity contribution in [2.24, 2.45) is 17.8 Å². The van der Waals surface area contributed by atoms with Gasteiger partial charge in [0.1, 0.15) is 12.4 Å². The summed E-state index contributed by atoms with van der Waals surface area (Å²) in [6.45, 7) is 0.567. The topological polar surface area (TPSA) is 64.6 Å². The van der Waals surface area contributed by atoms with E-state index in [9.17, 15) is 9.59 Å². The molecule has 0 heterocycles. The van der Waals surface area contributed by atoms with Gasteiger partial charge in [0.15, 0.2) is 6.61 Å². The van der Waals surface area contributed by atoms with Crippen molar-refractivity contribution in [2.45, 2.75) is 32.1 Å². The van der Waals surface area contributed by atoms with Crippen molar-refractivity contribution in [1.29, 1.82) is 0 Å². The number of carbonyl (C=O) groups is 2. The van der Waals surface area contributed by atoms with Crippen LogP contribution in [0.2, 0.25) is 0 Å². The summed E-state index contributed by atoms with van der Waals surface area (Å²) in [5.41, 5.74) is 0. The third-order valence-corrected chi connectivity index (χ3v) is 5.11. The summed E-state index contributed by atoms with van der Waals surface area (Å²) in [5.74, 6) is 2.23. The number of fused-ring (bicyclic) bond motifs is 2. The van der Waals surface area contributed by atoms with Gasteiger partial charge < -0.3 is 14.8 Å². The second-order valence-corrected chi connectivity index (χ2v) is 6.81. The van der Waals surface area contributed by atoms with Crippen molar-refractivity contribution in [2.75, 3.05) is 19.8 Å². The summed E-state index contributed by atoms with van der Waals surface area (Å²) in [6.07, 6.45) is 5.47. The maximum Gasteiger partial charge on any atom is 0.306 e. The molecule has 1 N–H and O–H groups in total. The third-order valence-electron chi connectivity index (χ3n) is 5.11. The van der Waals surface area contributed by atoms with E-state index < -0.39 is 0 Å². The molecule has 3 atom stereocenters. The molecule has 2 fully saturated rings. The Kier molecular flexibility index (Phi) is 5.72. The molecule has 3 rings (SSSR count). The van der Waals surface area contributed by atoms with E-state index in [4.69, 9.17) is 9.47 Å². The summed E-state index contributed by atoms with van der Waals surface area (Å²) < 4.78 is 10.6. The average molecular weight is 331 g/mol. The lowest BCUT2D eigenvalue weighted by molar-refractivity contribution is -0.149. The Bertz CT molecular complexity index is 560. The van der Waals surface area contributed by atoms with Crippen LogP contribution in [0.5, 0.6) is 5.75 Å². The van der Waals surface area contributed by atoms with E-state index in [0.717, 1.165) is 18.1 Å². The number of carbonyl (C=O) groups excluding carboxylic acids is 2. The largest absolute Gasteiger partial charge is 0.492 e. The number of para-hydroxylation sites is 1. The molecule has 130 valence electrons. The molecular formula is C19H25NO4. The summed E-state index contributed by atoms with van der Waals surface area (Å²) >= 11 is 0. The van der Waals surface area contributed by atoms with Gasteiger partial charge in [0.2, 0.25) is 0 Å². The zero-order chi connectivity index (χ0) is 16.8. The standard InChI is InChI=1S/C19H25NO4/c21-18(20-8-9-23-17-4-2-1-3-5-17)13-24-19(22)12-16-11-14-6-7-15(16)10-14/h1-5,14-16H,6-13H2,(H,20,21)/t14-,15+,16+/m0/s1. The summed E-state index contributed by atoms with van der Waals surface area (Å²) in [6, 6.07) is 9.42. The minimum absolute atomic E-state index is 0.203. The van der Waals surface area contributed by atoms with Gasteiger partial charge in [0.05, 0.1) is 6.54 Å². The molecule has 0 aromatic heterocycles. The van der Waals surface area contributed by atoms with Gasteiger partial charge in [-0.1, -0.05) is 24.6 Å². The molecule has 0 saturated heterocycles. The van der Waals surface area contributed by atoms with E-state index in [1.54, 1.807) is 0 Å². The van der Waals surface area contributed by atoms with Crippen molar-refractivity contribution >= 4 is 11.9 Å². The van der Waals surface area contributed by atoms with E-state index >= 15 is 0 Å². The predicted octanol–water partition coefficient (Wildman–Crippen LogP) is 2.55. The highest BCUT2D eigenvalue weighted by Crippen LogP contribution is 2.49. The molecule has 0 aliphatic heterocycles. The van der Waals surface area contributed by atoms with Crippen molar-refractivity contribution in [3.05, 3.63) is 30.3 Å². The molecule has 1 aromatic rings. The fourth-order valence-corrected chi connectivity index (χ4v) is 3.97. The van der Waals surface area contributed by atoms with Crippen LogP contribution in [0, 0.1) is 17.8 Å². The van der Waals surface area contributed by atoms with Crippen molar-refractivity contribution in [1.82, 2.24) is 5.32 Å². The first-order chi connectivity index (χ1) is 11.7. The van der Waals surface area contributed by atoms with E-state index in [0.29, 0.717) is 31.4 Å². The van der Waals surface area contributed by atoms with Gasteiger partial charge in [0, 0.05) is 6.42 Å². The SMILES string of the molecule is O=C(COC(=O)C[C@H]1C[C@H]2CC[C@@H]1C2)NCCOc1ccccc1. The van der Waals surface area contributed by atoms with Gasteiger partial charge in [-0.15, -0.1) is 0 Å². The number of nitrogens with one attached hydrogen (secondary N) is 1. The van der Waals surface area contributed by atoms with Gasteiger partial charge >= 0.3 is 5.97 Å². The molecule has 5 nitrogen and oxygen atoms in total. The van der Waals surface area contributed by atoms with Gasteiger partial charge in [-0.05, 0) is 49.1 Å². The zero-order valence-electron chi connectivity index (χ0n) is 13.9. The van der Waals surface area contributed by atoms with Crippen LogP contribution in [0.4, 0.5) is 0 Å². The summed E-state index contributed by atoms with van der Waals surface area (Å²) in [4.78, 5) is 23.5. The van der Waals surface area contributed by atoms with Crippen LogP contribution in [0.3, 0.4) is 0 Å². The first-order valence-electron chi connectivity index (χ1n) is 8.81. The smallest absolute Gasteiger partial charge is 0.306 e. The Balaban J connectivity index is 1.25. The number of esters is 1. The average Bonchev–Trinajstić information content (AvgIpc) is 3.21. The maximum atomic E-state index is 11.9. The van der Waals surface area contributed by atoms with Crippen molar-refractivity contribution in [3.63, 3.8) is 0 Å². The van der Waals surface area contributed by atoms with Gasteiger partial charge in [-0.25, -0.2) is 0 Å². The molecule has 0 unspecified atom stereocenters. The van der Waals surface area contributed by atoms with Crippen LogP contribution in [-0.4, -0.2) is 31.6 Å². The molecule has 24 heavy (non-hydrogen) atoms. The van der Waals surface area contributed by atoms with Crippen molar-refractivity contribution < 1.29 is 19.1 Å². The van der Waals surface area contributed by atoms with Crippen LogP contribution < -0.4 is 10.1 Å². The molecule has 2 aliphatic carbocycles. The molecule has 2 bridgehead atoms. The molecule has 0 spiro atoms. The molecular weight excluding hydrogens is 306 g/mol. The van der Waals surface area contributed by atoms with Crippen LogP contribution in [-0.2, 0) is 14.3 Å². The normalized spacial score (nSPS) is 24.6. The Hall–Kier alpha value is -2.04. The first kappa shape index (κ1) is 16.8. The lowest BCUT2D eigenvalue weighted by atomic mass is 9.86. The summed E-state index contributed by atoms with van der Waals surface area (Å²) in [7, 11) is 0. The Morgan fingerprint density at radius 2 is 1.96 bits per heavy atom. The number of hydrogen-bond acceptors (Lipinski definition) is 4. The number of amides is 1. The highest BCUT2D eigenvalue weighted by Gasteiger charge is 2.40. The van der Waals surface area contributed by atoms with Crippen molar-refractivity contribution in [3.8, 4) is 5.75 Å². The number of rotatable bonds is 8. The van der Waals surface area contributed by atoms with Crippen LogP contribution in [0.15, 0.2) is 30.3 Å². The van der Waals surface area contributed by atoms with E-state index in [1.807, 2.05) is 30.3 Å². The number of benzene rings is 1. The minimum atomic E-state index is -0.284. The maximum absolute atomic E-state index is 11.9. The quantitative estimate of drug-likeness (QED) is 0.587. The number of ether oxygens (including phenoxy) is 2. The van der Waals surface area contributed by atoms with E-state index in [-0.39, 0.29) is 18.5 Å². The first-order valence-corrected chi connectivity index (χ1v) is 8.81. The Labute approximate surface area is 142 Å². The molecule has 1 aromatic carbocycles. The minimum Gasteiger partial charge on any atom is -0.492 e. The fourth-order valence-electron chi connectivity index (χ4n) is 3.97. The summed E-state index contributed by atoms with van der Waals surface area (Å²) in [5, 5.41) is 2.69. The third kappa shape index (κ3) is 4.73. The highest BCUT2D eigenvalue weighted by molar-refractivity contribution is 5.80. The lowest BCUT2D eigenvalue weighted by Crippen LogP contribution is -2.32. The predicted molar refractivity (Wildman–Crippen MR) is 89.5 cm³/mol. The van der Waals surface area contributed by atoms with Crippen LogP contribution in [0.1, 0.15) is 32.1 Å². The molecule has 5 heteroatoms. The monoisotopic (exact) mass is 331 g/mol. The number of hydrogen-bond donors (Lipinski definition) is 1. The van der Waals surface area contributed by atoms with Crippen LogP contribution >= 0.6 is 0 Å². The molecule has 2 saturated carbocycles. The second kappa shape index (κ2) is 8.18. The van der Waals surface area contributed by atoms with Gasteiger partial charge in [-0.3, -0.25) is 9.59 Å². The molecule has 0 radical (unpaired) electrons. The second-order valence-electron chi connectivity index (χ2n) is 6.81. The van der Waals surface area contributed by atoms with Gasteiger partial charge in [-0.2, -0.15) is 0 Å². The molecule has 1 amide bonds. The Morgan fingerprint density at radius 3 is 2.67 bits per heavy atom. The Morgan fingerprint density at radius 1 is 1.12 bits per heavy atom.